The van der Waals surface area contributed by atoms with E-state index in [1.54, 1.807) is 0 Å². The number of rotatable bonds is 2. The number of hydrogen-bond acceptors (Lipinski definition) is 2. The second-order valence-corrected chi connectivity index (χ2v) is 7.10. The van der Waals surface area contributed by atoms with Gasteiger partial charge in [0.15, 0.2) is 0 Å². The summed E-state index contributed by atoms with van der Waals surface area (Å²) in [7, 11) is 0. The lowest BCUT2D eigenvalue weighted by Gasteiger charge is -2.20. The van der Waals surface area contributed by atoms with Gasteiger partial charge in [0, 0.05) is 20.2 Å². The molecule has 2 nitrogen and oxygen atoms in total. The Balaban J connectivity index is 1.90. The molecule has 1 aliphatic rings. The first-order valence-corrected chi connectivity index (χ1v) is 8.67. The number of aryl methyl sites for hydroxylation is 1. The van der Waals surface area contributed by atoms with Crippen LogP contribution in [0.15, 0.2) is 45.3 Å². The monoisotopic (exact) mass is 409 g/mol. The zero-order valence-corrected chi connectivity index (χ0v) is 15.0. The Bertz CT molecular complexity index is 657. The van der Waals surface area contributed by atoms with Crippen LogP contribution in [0.25, 0.3) is 0 Å². The normalized spacial score (nSPS) is 17.6. The first-order chi connectivity index (χ1) is 10.1. The Hall–Kier alpha value is -1.000. The Kier molecular flexibility index (Phi) is 4.55. The molecule has 2 aromatic rings. The highest BCUT2D eigenvalue weighted by molar-refractivity contribution is 9.10. The molecule has 0 fully saturated rings. The lowest BCUT2D eigenvalue weighted by Crippen LogP contribution is -2.10. The van der Waals surface area contributed by atoms with Gasteiger partial charge in [0.05, 0.1) is 12.6 Å². The molecule has 1 atom stereocenters. The molecule has 0 amide bonds. The van der Waals surface area contributed by atoms with Crippen LogP contribution in [-0.2, 0) is 0 Å². The van der Waals surface area contributed by atoms with E-state index in [1.165, 1.54) is 11.1 Å². The van der Waals surface area contributed by atoms with Crippen LogP contribution in [0, 0.1) is 6.92 Å². The van der Waals surface area contributed by atoms with E-state index in [4.69, 9.17) is 4.74 Å². The molecule has 0 saturated carbocycles. The minimum Gasteiger partial charge on any atom is -0.493 e. The van der Waals surface area contributed by atoms with Crippen molar-refractivity contribution in [2.24, 2.45) is 0 Å². The molecular formula is C17H17Br2NO. The van der Waals surface area contributed by atoms with Crippen LogP contribution in [-0.4, -0.2) is 6.61 Å². The third-order valence-electron chi connectivity index (χ3n) is 3.76. The molecule has 1 aliphatic heterocycles. The number of ether oxygens (including phenoxy) is 1. The average molecular weight is 411 g/mol. The van der Waals surface area contributed by atoms with E-state index in [0.29, 0.717) is 0 Å². The molecule has 1 N–H and O–H groups in total. The van der Waals surface area contributed by atoms with Gasteiger partial charge in [-0.3, -0.25) is 0 Å². The molecule has 3 rings (SSSR count). The number of fused-ring (bicyclic) bond motifs is 1. The largest absolute Gasteiger partial charge is 0.493 e. The summed E-state index contributed by atoms with van der Waals surface area (Å²) in [5, 5.41) is 3.64. The summed E-state index contributed by atoms with van der Waals surface area (Å²) in [5.41, 5.74) is 3.61. The summed E-state index contributed by atoms with van der Waals surface area (Å²) in [4.78, 5) is 0. The summed E-state index contributed by atoms with van der Waals surface area (Å²) >= 11 is 7.11. The fourth-order valence-corrected chi connectivity index (χ4v) is 3.30. The molecule has 0 aromatic heterocycles. The van der Waals surface area contributed by atoms with Crippen LogP contribution < -0.4 is 10.1 Å². The maximum Gasteiger partial charge on any atom is 0.125 e. The summed E-state index contributed by atoms with van der Waals surface area (Å²) in [6.45, 7) is 2.87. The van der Waals surface area contributed by atoms with Gasteiger partial charge in [-0.05, 0) is 49.6 Å². The van der Waals surface area contributed by atoms with Gasteiger partial charge in [-0.15, -0.1) is 0 Å². The van der Waals surface area contributed by atoms with Crippen LogP contribution in [0.5, 0.6) is 5.75 Å². The zero-order chi connectivity index (χ0) is 14.8. The lowest BCUT2D eigenvalue weighted by molar-refractivity contribution is 0.316. The third-order valence-corrected chi connectivity index (χ3v) is 5.11. The van der Waals surface area contributed by atoms with Gasteiger partial charge in [0.25, 0.3) is 0 Å². The number of anilines is 1. The third kappa shape index (κ3) is 3.43. The van der Waals surface area contributed by atoms with Crippen LogP contribution in [0.1, 0.15) is 30.0 Å². The average Bonchev–Trinajstić information content (AvgIpc) is 2.65. The maximum absolute atomic E-state index is 5.86. The highest BCUT2D eigenvalue weighted by atomic mass is 79.9. The van der Waals surface area contributed by atoms with Gasteiger partial charge < -0.3 is 10.1 Å². The van der Waals surface area contributed by atoms with E-state index in [1.807, 2.05) is 0 Å². The van der Waals surface area contributed by atoms with E-state index in [2.05, 4.69) is 80.5 Å². The summed E-state index contributed by atoms with van der Waals surface area (Å²) in [6, 6.07) is 13.0. The Morgan fingerprint density at radius 2 is 2.00 bits per heavy atom. The van der Waals surface area contributed by atoms with Crippen LogP contribution >= 0.6 is 31.9 Å². The zero-order valence-electron chi connectivity index (χ0n) is 11.8. The van der Waals surface area contributed by atoms with Crippen molar-refractivity contribution in [2.75, 3.05) is 11.9 Å². The van der Waals surface area contributed by atoms with Crippen molar-refractivity contribution < 1.29 is 4.74 Å². The SMILES string of the molecule is Cc1ccc(NC2CCCOc3cc(Br)ccc32)cc1Br. The maximum atomic E-state index is 5.86. The number of hydrogen-bond donors (Lipinski definition) is 1. The fourth-order valence-electron chi connectivity index (χ4n) is 2.58. The van der Waals surface area contributed by atoms with Gasteiger partial charge >= 0.3 is 0 Å². The molecule has 21 heavy (non-hydrogen) atoms. The van der Waals surface area contributed by atoms with Crippen molar-refractivity contribution in [3.8, 4) is 5.75 Å². The minimum atomic E-state index is 0.283. The minimum absolute atomic E-state index is 0.283. The Morgan fingerprint density at radius 3 is 2.81 bits per heavy atom. The molecule has 0 saturated heterocycles. The molecule has 1 unspecified atom stereocenters. The van der Waals surface area contributed by atoms with Crippen molar-refractivity contribution in [3.05, 3.63) is 56.5 Å². The quantitative estimate of drug-likeness (QED) is 0.670. The van der Waals surface area contributed by atoms with Crippen molar-refractivity contribution in [3.63, 3.8) is 0 Å². The van der Waals surface area contributed by atoms with Gasteiger partial charge in [0.2, 0.25) is 0 Å². The van der Waals surface area contributed by atoms with Gasteiger partial charge in [0.1, 0.15) is 5.75 Å². The first-order valence-electron chi connectivity index (χ1n) is 7.08. The van der Waals surface area contributed by atoms with E-state index in [-0.39, 0.29) is 6.04 Å². The highest BCUT2D eigenvalue weighted by Crippen LogP contribution is 2.36. The molecular weight excluding hydrogens is 394 g/mol. The topological polar surface area (TPSA) is 21.3 Å². The predicted molar refractivity (Wildman–Crippen MR) is 94.1 cm³/mol. The Morgan fingerprint density at radius 1 is 1.14 bits per heavy atom. The second-order valence-electron chi connectivity index (χ2n) is 5.33. The van der Waals surface area contributed by atoms with Crippen molar-refractivity contribution >= 4 is 37.5 Å². The number of halogens is 2. The van der Waals surface area contributed by atoms with E-state index >= 15 is 0 Å². The summed E-state index contributed by atoms with van der Waals surface area (Å²) in [5.74, 6) is 0.977. The molecule has 0 spiro atoms. The van der Waals surface area contributed by atoms with E-state index in [0.717, 1.165) is 39.8 Å². The number of benzene rings is 2. The molecule has 4 heteroatoms. The smallest absolute Gasteiger partial charge is 0.125 e. The van der Waals surface area contributed by atoms with Gasteiger partial charge in [-0.1, -0.05) is 44.0 Å². The number of nitrogens with one attached hydrogen (secondary N) is 1. The van der Waals surface area contributed by atoms with Crippen LogP contribution in [0.2, 0.25) is 0 Å². The first kappa shape index (κ1) is 14.9. The molecule has 0 bridgehead atoms. The van der Waals surface area contributed by atoms with Crippen LogP contribution in [0.4, 0.5) is 5.69 Å². The predicted octanol–water partition coefficient (Wildman–Crippen LogP) is 5.85. The molecule has 1 heterocycles. The Labute approximate surface area is 142 Å². The lowest BCUT2D eigenvalue weighted by atomic mass is 10.0. The molecule has 110 valence electrons. The molecule has 0 aliphatic carbocycles. The second kappa shape index (κ2) is 6.41. The fraction of sp³-hybridized carbons (Fsp3) is 0.294. The van der Waals surface area contributed by atoms with Crippen LogP contribution in [0.3, 0.4) is 0 Å². The standard InChI is InChI=1S/C17H17Br2NO/c1-11-4-6-13(10-15(11)19)20-16-3-2-8-21-17-9-12(18)5-7-14(16)17/h4-7,9-10,16,20H,2-3,8H2,1H3. The van der Waals surface area contributed by atoms with Crippen molar-refractivity contribution in [1.82, 2.24) is 0 Å². The van der Waals surface area contributed by atoms with E-state index < -0.39 is 0 Å². The van der Waals surface area contributed by atoms with Crippen molar-refractivity contribution in [2.45, 2.75) is 25.8 Å². The highest BCUT2D eigenvalue weighted by Gasteiger charge is 2.20. The summed E-state index contributed by atoms with van der Waals surface area (Å²) < 4.78 is 8.05. The molecule has 0 radical (unpaired) electrons. The summed E-state index contributed by atoms with van der Waals surface area (Å²) in [6.07, 6.45) is 2.12. The van der Waals surface area contributed by atoms with Gasteiger partial charge in [-0.25, -0.2) is 0 Å². The van der Waals surface area contributed by atoms with E-state index in [9.17, 15) is 0 Å². The van der Waals surface area contributed by atoms with Crippen molar-refractivity contribution in [1.29, 1.82) is 0 Å². The van der Waals surface area contributed by atoms with Gasteiger partial charge in [-0.2, -0.15) is 0 Å². The molecule has 2 aromatic carbocycles.